The first-order chi connectivity index (χ1) is 22.6. The van der Waals surface area contributed by atoms with Crippen LogP contribution in [0.4, 0.5) is 27.5 Å². The molecule has 1 amide bonds. The average Bonchev–Trinajstić information content (AvgIpc) is 3.74. The third kappa shape index (κ3) is 6.51. The zero-order chi connectivity index (χ0) is 31.3. The van der Waals surface area contributed by atoms with Crippen molar-refractivity contribution in [2.24, 2.45) is 0 Å². The highest BCUT2D eigenvalue weighted by atomic mass is 19.1. The molecule has 3 aromatic heterocycles. The Balaban J connectivity index is 1.17. The Hall–Kier alpha value is -5.77. The number of aromatic nitrogens is 4. The third-order valence-electron chi connectivity index (χ3n) is 7.97. The van der Waals surface area contributed by atoms with Gasteiger partial charge in [0.05, 0.1) is 11.7 Å². The average molecular weight is 614 g/mol. The Morgan fingerprint density at radius 1 is 0.870 bits per heavy atom. The first-order valence-electron chi connectivity index (χ1n) is 15.3. The summed E-state index contributed by atoms with van der Waals surface area (Å²) in [6.07, 6.45) is 7.67. The van der Waals surface area contributed by atoms with E-state index in [2.05, 4.69) is 31.0 Å². The van der Waals surface area contributed by atoms with Gasteiger partial charge in [0.1, 0.15) is 17.4 Å². The van der Waals surface area contributed by atoms with Gasteiger partial charge in [-0.15, -0.1) is 5.10 Å². The standard InChI is InChI=1S/C36H32FN7O2/c37-31-16-9-17-32(46-28-14-7-8-15-28)30(31)23-39-35(45)29-20-25(22-38-34(29)40-26-10-3-1-4-11-26)24-18-19-44-33(21-24)42-36(43-44)41-27-12-5-2-6-13-27/h1-6,9-13,16-22,28H,7-8,14-15,23H2,(H,38,40)(H,39,45)(H,41,43). The fourth-order valence-corrected chi connectivity index (χ4v) is 5.59. The highest BCUT2D eigenvalue weighted by molar-refractivity contribution is 6.00. The number of ether oxygens (including phenoxy) is 1. The van der Waals surface area contributed by atoms with Crippen LogP contribution in [0.15, 0.2) is 109 Å². The molecule has 0 spiro atoms. The zero-order valence-electron chi connectivity index (χ0n) is 25.0. The molecule has 9 nitrogen and oxygen atoms in total. The molecular weight excluding hydrogens is 581 g/mol. The van der Waals surface area contributed by atoms with Gasteiger partial charge in [0, 0.05) is 41.4 Å². The van der Waals surface area contributed by atoms with Crippen LogP contribution in [0.1, 0.15) is 41.6 Å². The van der Waals surface area contributed by atoms with Crippen molar-refractivity contribution in [3.05, 3.63) is 126 Å². The van der Waals surface area contributed by atoms with Crippen LogP contribution in [0.2, 0.25) is 0 Å². The summed E-state index contributed by atoms with van der Waals surface area (Å²) in [5, 5.41) is 13.9. The van der Waals surface area contributed by atoms with Crippen molar-refractivity contribution >= 4 is 34.7 Å². The lowest BCUT2D eigenvalue weighted by Gasteiger charge is -2.18. The summed E-state index contributed by atoms with van der Waals surface area (Å²) in [5.74, 6) is 0.480. The number of nitrogens with zero attached hydrogens (tertiary/aromatic N) is 4. The monoisotopic (exact) mass is 613 g/mol. The highest BCUT2D eigenvalue weighted by Gasteiger charge is 2.21. The summed E-state index contributed by atoms with van der Waals surface area (Å²) >= 11 is 0. The Morgan fingerprint density at radius 2 is 1.61 bits per heavy atom. The minimum atomic E-state index is -0.423. The van der Waals surface area contributed by atoms with Gasteiger partial charge in [0.2, 0.25) is 5.95 Å². The van der Waals surface area contributed by atoms with Crippen molar-refractivity contribution in [1.29, 1.82) is 0 Å². The van der Waals surface area contributed by atoms with E-state index in [1.165, 1.54) is 6.07 Å². The maximum atomic E-state index is 15.0. The number of anilines is 4. The molecule has 1 fully saturated rings. The van der Waals surface area contributed by atoms with Gasteiger partial charge < -0.3 is 20.7 Å². The summed E-state index contributed by atoms with van der Waals surface area (Å²) in [6.45, 7) is -0.0363. The van der Waals surface area contributed by atoms with Crippen LogP contribution in [0.5, 0.6) is 5.75 Å². The molecule has 10 heteroatoms. The molecule has 0 atom stereocenters. The van der Waals surface area contributed by atoms with Gasteiger partial charge in [0.25, 0.3) is 5.91 Å². The zero-order valence-corrected chi connectivity index (χ0v) is 25.0. The molecule has 3 heterocycles. The Bertz CT molecular complexity index is 1980. The Kier molecular flexibility index (Phi) is 8.23. The van der Waals surface area contributed by atoms with Crippen LogP contribution in [-0.2, 0) is 6.54 Å². The van der Waals surface area contributed by atoms with Crippen molar-refractivity contribution in [3.63, 3.8) is 0 Å². The lowest BCUT2D eigenvalue weighted by atomic mass is 10.1. The van der Waals surface area contributed by atoms with Crippen LogP contribution in [0.25, 0.3) is 16.8 Å². The van der Waals surface area contributed by atoms with Gasteiger partial charge in [-0.2, -0.15) is 4.98 Å². The van der Waals surface area contributed by atoms with Crippen molar-refractivity contribution in [3.8, 4) is 16.9 Å². The second-order valence-electron chi connectivity index (χ2n) is 11.2. The van der Waals surface area contributed by atoms with Crippen molar-refractivity contribution < 1.29 is 13.9 Å². The van der Waals surface area contributed by atoms with Crippen LogP contribution in [0, 0.1) is 5.82 Å². The number of pyridine rings is 2. The van der Waals surface area contributed by atoms with E-state index in [4.69, 9.17) is 4.74 Å². The van der Waals surface area contributed by atoms with E-state index in [1.807, 2.05) is 79.0 Å². The summed E-state index contributed by atoms with van der Waals surface area (Å²) in [7, 11) is 0. The number of fused-ring (bicyclic) bond motifs is 1. The molecule has 3 aromatic carbocycles. The molecule has 0 radical (unpaired) electrons. The molecule has 46 heavy (non-hydrogen) atoms. The number of carbonyl (C=O) groups is 1. The molecule has 6 aromatic rings. The van der Waals surface area contributed by atoms with E-state index in [1.54, 1.807) is 28.9 Å². The predicted octanol–water partition coefficient (Wildman–Crippen LogP) is 7.67. The number of hydrogen-bond acceptors (Lipinski definition) is 7. The molecule has 1 saturated carbocycles. The van der Waals surface area contributed by atoms with Crippen molar-refractivity contribution in [2.45, 2.75) is 38.3 Å². The van der Waals surface area contributed by atoms with Gasteiger partial charge in [-0.1, -0.05) is 42.5 Å². The fraction of sp³-hybridized carbons (Fsp3) is 0.167. The Labute approximate surface area is 265 Å². The predicted molar refractivity (Wildman–Crippen MR) is 176 cm³/mol. The van der Waals surface area contributed by atoms with Crippen LogP contribution < -0.4 is 20.7 Å². The molecule has 0 aliphatic heterocycles. The number of amides is 1. The van der Waals surface area contributed by atoms with Gasteiger partial charge in [-0.3, -0.25) is 4.79 Å². The number of hydrogen-bond donors (Lipinski definition) is 3. The second-order valence-corrected chi connectivity index (χ2v) is 11.2. The van der Waals surface area contributed by atoms with Crippen LogP contribution in [0.3, 0.4) is 0 Å². The highest BCUT2D eigenvalue weighted by Crippen LogP contribution is 2.30. The normalized spacial score (nSPS) is 13.1. The third-order valence-corrected chi connectivity index (χ3v) is 7.97. The number of para-hydroxylation sites is 2. The summed E-state index contributed by atoms with van der Waals surface area (Å²) in [6, 6.07) is 29.5. The molecule has 3 N–H and O–H groups in total. The van der Waals surface area contributed by atoms with E-state index in [0.717, 1.165) is 42.6 Å². The van der Waals surface area contributed by atoms with Crippen LogP contribution in [-0.4, -0.2) is 31.6 Å². The first kappa shape index (κ1) is 29.0. The van der Waals surface area contributed by atoms with Gasteiger partial charge in [0.15, 0.2) is 5.65 Å². The summed E-state index contributed by atoms with van der Waals surface area (Å²) in [5.41, 5.74) is 4.44. The van der Waals surface area contributed by atoms with E-state index in [0.29, 0.717) is 39.9 Å². The van der Waals surface area contributed by atoms with E-state index in [-0.39, 0.29) is 12.6 Å². The minimum Gasteiger partial charge on any atom is -0.490 e. The fourth-order valence-electron chi connectivity index (χ4n) is 5.59. The summed E-state index contributed by atoms with van der Waals surface area (Å²) in [4.78, 5) is 23.0. The SMILES string of the molecule is O=C(NCc1c(F)cccc1OC1CCCC1)c1cc(-c2ccn3nc(Nc4ccccc4)nc3c2)cnc1Nc1ccccc1. The quantitative estimate of drug-likeness (QED) is 0.146. The molecular formula is C36H32FN7O2. The largest absolute Gasteiger partial charge is 0.490 e. The van der Waals surface area contributed by atoms with E-state index < -0.39 is 11.7 Å². The van der Waals surface area contributed by atoms with Gasteiger partial charge in [-0.05, 0) is 85.8 Å². The van der Waals surface area contributed by atoms with Gasteiger partial charge in [-0.25, -0.2) is 13.9 Å². The van der Waals surface area contributed by atoms with E-state index >= 15 is 4.39 Å². The first-order valence-corrected chi connectivity index (χ1v) is 15.3. The number of rotatable bonds is 10. The second kappa shape index (κ2) is 13.1. The minimum absolute atomic E-state index is 0.0363. The molecule has 230 valence electrons. The summed E-state index contributed by atoms with van der Waals surface area (Å²) < 4.78 is 22.8. The maximum Gasteiger partial charge on any atom is 0.255 e. The topological polar surface area (TPSA) is 105 Å². The van der Waals surface area contributed by atoms with Crippen molar-refractivity contribution in [2.75, 3.05) is 10.6 Å². The van der Waals surface area contributed by atoms with Gasteiger partial charge >= 0.3 is 0 Å². The molecule has 1 aliphatic carbocycles. The van der Waals surface area contributed by atoms with Crippen LogP contribution >= 0.6 is 0 Å². The Morgan fingerprint density at radius 3 is 2.37 bits per heavy atom. The van der Waals surface area contributed by atoms with E-state index in [9.17, 15) is 4.79 Å². The number of carbonyl (C=O) groups excluding carboxylic acids is 1. The molecule has 0 saturated heterocycles. The smallest absolute Gasteiger partial charge is 0.255 e. The number of benzene rings is 3. The molecule has 0 unspecified atom stereocenters. The maximum absolute atomic E-state index is 15.0. The molecule has 0 bridgehead atoms. The number of nitrogens with one attached hydrogen (secondary N) is 3. The number of halogens is 1. The lowest BCUT2D eigenvalue weighted by Crippen LogP contribution is -2.25. The molecule has 7 rings (SSSR count). The molecule has 1 aliphatic rings. The lowest BCUT2D eigenvalue weighted by molar-refractivity contribution is 0.0950. The van der Waals surface area contributed by atoms with Crippen molar-refractivity contribution in [1.82, 2.24) is 24.9 Å².